The number of halogens is 2. The van der Waals surface area contributed by atoms with E-state index in [9.17, 15) is 9.18 Å². The zero-order valence-corrected chi connectivity index (χ0v) is 10.6. The SMILES string of the molecule is COC(=O)CCn1c(CCl)nc2cc(F)ccc21. The fourth-order valence-corrected chi connectivity index (χ4v) is 2.01. The second kappa shape index (κ2) is 5.35. The number of alkyl halides is 1. The number of ether oxygens (including phenoxy) is 1. The Morgan fingerprint density at radius 2 is 2.33 bits per heavy atom. The van der Waals surface area contributed by atoms with Crippen molar-refractivity contribution in [1.82, 2.24) is 9.55 Å². The summed E-state index contributed by atoms with van der Waals surface area (Å²) >= 11 is 5.80. The van der Waals surface area contributed by atoms with E-state index in [1.54, 1.807) is 10.6 Å². The van der Waals surface area contributed by atoms with Gasteiger partial charge >= 0.3 is 5.97 Å². The van der Waals surface area contributed by atoms with Crippen molar-refractivity contribution in [2.24, 2.45) is 0 Å². The van der Waals surface area contributed by atoms with Crippen LogP contribution < -0.4 is 0 Å². The smallest absolute Gasteiger partial charge is 0.307 e. The van der Waals surface area contributed by atoms with Crippen molar-refractivity contribution in [3.8, 4) is 0 Å². The van der Waals surface area contributed by atoms with Crippen molar-refractivity contribution in [3.63, 3.8) is 0 Å². The Hall–Kier alpha value is -1.62. The van der Waals surface area contributed by atoms with Crippen LogP contribution in [0.25, 0.3) is 11.0 Å². The van der Waals surface area contributed by atoms with Gasteiger partial charge < -0.3 is 9.30 Å². The molecule has 0 fully saturated rings. The van der Waals surface area contributed by atoms with Gasteiger partial charge in [-0.15, -0.1) is 11.6 Å². The number of hydrogen-bond acceptors (Lipinski definition) is 3. The van der Waals surface area contributed by atoms with Gasteiger partial charge in [0.15, 0.2) is 0 Å². The van der Waals surface area contributed by atoms with E-state index in [1.165, 1.54) is 19.2 Å². The van der Waals surface area contributed by atoms with Gasteiger partial charge in [-0.1, -0.05) is 0 Å². The van der Waals surface area contributed by atoms with Gasteiger partial charge in [-0.05, 0) is 12.1 Å². The van der Waals surface area contributed by atoms with Crippen molar-refractivity contribution < 1.29 is 13.9 Å². The zero-order valence-electron chi connectivity index (χ0n) is 9.82. The molecule has 1 aromatic heterocycles. The van der Waals surface area contributed by atoms with E-state index in [0.29, 0.717) is 17.9 Å². The van der Waals surface area contributed by atoms with Gasteiger partial charge in [0.05, 0.1) is 30.4 Å². The Bertz CT molecular complexity index is 583. The number of carbonyl (C=O) groups excluding carboxylic acids is 1. The summed E-state index contributed by atoms with van der Waals surface area (Å²) in [6, 6.07) is 4.34. The summed E-state index contributed by atoms with van der Waals surface area (Å²) in [5, 5.41) is 0. The lowest BCUT2D eigenvalue weighted by molar-refractivity contribution is -0.140. The second-order valence-electron chi connectivity index (χ2n) is 3.77. The van der Waals surface area contributed by atoms with Crippen LogP contribution in [-0.2, 0) is 22.0 Å². The standard InChI is InChI=1S/C12H12ClFN2O2/c1-18-12(17)4-5-16-10-3-2-8(14)6-9(10)15-11(16)7-13/h2-3,6H,4-5,7H2,1H3. The van der Waals surface area contributed by atoms with Crippen LogP contribution in [0.3, 0.4) is 0 Å². The Morgan fingerprint density at radius 1 is 1.56 bits per heavy atom. The van der Waals surface area contributed by atoms with Crippen LogP contribution in [0.4, 0.5) is 4.39 Å². The summed E-state index contributed by atoms with van der Waals surface area (Å²) in [6.45, 7) is 0.414. The number of aromatic nitrogens is 2. The third-order valence-corrected chi connectivity index (χ3v) is 2.92. The number of rotatable bonds is 4. The molecule has 0 spiro atoms. The topological polar surface area (TPSA) is 44.1 Å². The molecule has 0 saturated carbocycles. The fraction of sp³-hybridized carbons (Fsp3) is 0.333. The molecule has 1 heterocycles. The zero-order chi connectivity index (χ0) is 13.1. The molecule has 0 atom stereocenters. The maximum atomic E-state index is 13.1. The lowest BCUT2D eigenvalue weighted by atomic mass is 10.3. The molecule has 0 bridgehead atoms. The lowest BCUT2D eigenvalue weighted by Crippen LogP contribution is -2.09. The number of aryl methyl sites for hydroxylation is 1. The molecule has 18 heavy (non-hydrogen) atoms. The minimum absolute atomic E-state index is 0.206. The number of carbonyl (C=O) groups is 1. The molecule has 0 amide bonds. The van der Waals surface area contributed by atoms with Crippen molar-refractivity contribution in [2.45, 2.75) is 18.8 Å². The van der Waals surface area contributed by atoms with E-state index >= 15 is 0 Å². The van der Waals surface area contributed by atoms with E-state index in [1.807, 2.05) is 0 Å². The second-order valence-corrected chi connectivity index (χ2v) is 4.04. The van der Waals surface area contributed by atoms with Gasteiger partial charge in [0.25, 0.3) is 0 Å². The highest BCUT2D eigenvalue weighted by atomic mass is 35.5. The van der Waals surface area contributed by atoms with Gasteiger partial charge in [0, 0.05) is 12.6 Å². The summed E-state index contributed by atoms with van der Waals surface area (Å²) < 4.78 is 19.5. The molecule has 0 saturated heterocycles. The quantitative estimate of drug-likeness (QED) is 0.633. The van der Waals surface area contributed by atoms with E-state index in [0.717, 1.165) is 5.52 Å². The number of esters is 1. The highest BCUT2D eigenvalue weighted by Gasteiger charge is 2.12. The van der Waals surface area contributed by atoms with Gasteiger partial charge in [0.2, 0.25) is 0 Å². The number of hydrogen-bond donors (Lipinski definition) is 0. The van der Waals surface area contributed by atoms with E-state index in [4.69, 9.17) is 11.6 Å². The summed E-state index contributed by atoms with van der Waals surface area (Å²) in [6.07, 6.45) is 0.225. The molecule has 1 aromatic carbocycles. The van der Waals surface area contributed by atoms with Crippen molar-refractivity contribution in [1.29, 1.82) is 0 Å². The normalized spacial score (nSPS) is 10.8. The summed E-state index contributed by atoms with van der Waals surface area (Å²) in [4.78, 5) is 15.4. The molecule has 2 rings (SSSR count). The highest BCUT2D eigenvalue weighted by molar-refractivity contribution is 6.16. The van der Waals surface area contributed by atoms with Crippen LogP contribution in [-0.4, -0.2) is 22.6 Å². The summed E-state index contributed by atoms with van der Waals surface area (Å²) in [5.41, 5.74) is 1.30. The minimum atomic E-state index is -0.346. The number of fused-ring (bicyclic) bond motifs is 1. The predicted molar refractivity (Wildman–Crippen MR) is 65.9 cm³/mol. The number of nitrogens with zero attached hydrogens (tertiary/aromatic N) is 2. The van der Waals surface area contributed by atoms with Gasteiger partial charge in [-0.2, -0.15) is 0 Å². The van der Waals surface area contributed by atoms with Crippen LogP contribution in [0, 0.1) is 5.82 Å². The number of methoxy groups -OCH3 is 1. The average molecular weight is 271 g/mol. The molecule has 4 nitrogen and oxygen atoms in total. The highest BCUT2D eigenvalue weighted by Crippen LogP contribution is 2.19. The summed E-state index contributed by atoms with van der Waals surface area (Å²) in [7, 11) is 1.34. The first-order chi connectivity index (χ1) is 8.65. The Labute approximate surface area is 108 Å². The fourth-order valence-electron chi connectivity index (χ4n) is 1.81. The Balaban J connectivity index is 2.37. The van der Waals surface area contributed by atoms with Gasteiger partial charge in [0.1, 0.15) is 11.6 Å². The van der Waals surface area contributed by atoms with E-state index < -0.39 is 0 Å². The first kappa shape index (κ1) is 12.8. The van der Waals surface area contributed by atoms with E-state index in [-0.39, 0.29) is 24.1 Å². The largest absolute Gasteiger partial charge is 0.469 e. The van der Waals surface area contributed by atoms with Crippen LogP contribution in [0.1, 0.15) is 12.2 Å². The molecule has 0 N–H and O–H groups in total. The van der Waals surface area contributed by atoms with E-state index in [2.05, 4.69) is 9.72 Å². The first-order valence-electron chi connectivity index (χ1n) is 5.43. The van der Waals surface area contributed by atoms with Crippen LogP contribution >= 0.6 is 11.6 Å². The Kier molecular flexibility index (Phi) is 3.81. The Morgan fingerprint density at radius 3 is 3.00 bits per heavy atom. The number of imidazole rings is 1. The molecule has 96 valence electrons. The van der Waals surface area contributed by atoms with Crippen molar-refractivity contribution >= 4 is 28.6 Å². The molecule has 2 aromatic rings. The summed E-state index contributed by atoms with van der Waals surface area (Å²) in [5.74, 6) is 0.166. The monoisotopic (exact) mass is 270 g/mol. The van der Waals surface area contributed by atoms with Crippen LogP contribution in [0.2, 0.25) is 0 Å². The molecule has 0 radical (unpaired) electrons. The van der Waals surface area contributed by atoms with Crippen molar-refractivity contribution in [3.05, 3.63) is 29.8 Å². The molecular weight excluding hydrogens is 259 g/mol. The third kappa shape index (κ3) is 2.46. The maximum absolute atomic E-state index is 13.1. The van der Waals surface area contributed by atoms with Gasteiger partial charge in [-0.3, -0.25) is 4.79 Å². The van der Waals surface area contributed by atoms with Crippen LogP contribution in [0.15, 0.2) is 18.2 Å². The average Bonchev–Trinajstić information content (AvgIpc) is 2.72. The third-order valence-electron chi connectivity index (χ3n) is 2.68. The predicted octanol–water partition coefficient (Wildman–Crippen LogP) is 2.48. The number of benzene rings is 1. The minimum Gasteiger partial charge on any atom is -0.469 e. The molecule has 0 aliphatic carbocycles. The molecule has 0 unspecified atom stereocenters. The maximum Gasteiger partial charge on any atom is 0.307 e. The molecular formula is C12H12ClFN2O2. The van der Waals surface area contributed by atoms with Crippen LogP contribution in [0.5, 0.6) is 0 Å². The van der Waals surface area contributed by atoms with Crippen molar-refractivity contribution in [2.75, 3.05) is 7.11 Å². The molecule has 0 aliphatic heterocycles. The van der Waals surface area contributed by atoms with Gasteiger partial charge in [-0.25, -0.2) is 9.37 Å². The molecule has 0 aliphatic rings. The molecule has 6 heteroatoms. The lowest BCUT2D eigenvalue weighted by Gasteiger charge is -2.06. The first-order valence-corrected chi connectivity index (χ1v) is 5.96.